The van der Waals surface area contributed by atoms with Crippen LogP contribution < -0.4 is 16.0 Å². The zero-order valence-corrected chi connectivity index (χ0v) is 23.1. The quantitative estimate of drug-likeness (QED) is 0.216. The molecule has 0 aromatic heterocycles. The van der Waals surface area contributed by atoms with Crippen LogP contribution in [-0.4, -0.2) is 90.0 Å². The summed E-state index contributed by atoms with van der Waals surface area (Å²) < 4.78 is 38.1. The largest absolute Gasteiger partial charge is 0.446 e. The van der Waals surface area contributed by atoms with Crippen molar-refractivity contribution in [1.82, 2.24) is 20.9 Å². The van der Waals surface area contributed by atoms with E-state index in [2.05, 4.69) is 16.0 Å². The Labute approximate surface area is 223 Å². The molecule has 1 saturated carbocycles. The van der Waals surface area contributed by atoms with Crippen molar-refractivity contribution in [2.45, 2.75) is 83.4 Å². The van der Waals surface area contributed by atoms with E-state index >= 15 is 0 Å². The Balaban J connectivity index is 1.56. The van der Waals surface area contributed by atoms with Crippen molar-refractivity contribution in [3.05, 3.63) is 0 Å². The van der Waals surface area contributed by atoms with Crippen LogP contribution in [0.25, 0.3) is 0 Å². The molecule has 216 valence electrons. The third kappa shape index (κ3) is 7.35. The van der Waals surface area contributed by atoms with E-state index in [1.807, 2.05) is 27.7 Å². The number of likely N-dealkylation sites (tertiary alicyclic amines) is 1. The monoisotopic (exact) mass is 560 g/mol. The van der Waals surface area contributed by atoms with Gasteiger partial charge in [0.15, 0.2) is 0 Å². The fourth-order valence-corrected chi connectivity index (χ4v) is 6.07. The highest BCUT2D eigenvalue weighted by molar-refractivity contribution is 7.86. The summed E-state index contributed by atoms with van der Waals surface area (Å²) in [4.78, 5) is 51.5. The highest BCUT2D eigenvalue weighted by atomic mass is 32.2. The first-order valence-corrected chi connectivity index (χ1v) is 14.6. The molecule has 1 aliphatic carbocycles. The number of ether oxygens (including phenoxy) is 1. The number of hydrogen-bond acceptors (Lipinski definition) is 8. The summed E-state index contributed by atoms with van der Waals surface area (Å²) in [6.45, 7) is 9.02. The number of aliphatic hydroxyl groups is 1. The van der Waals surface area contributed by atoms with Crippen LogP contribution in [0, 0.1) is 23.2 Å². The molecule has 3 rings (SSSR count). The van der Waals surface area contributed by atoms with E-state index in [4.69, 9.17) is 4.74 Å². The Bertz CT molecular complexity index is 1020. The van der Waals surface area contributed by atoms with Crippen molar-refractivity contribution >= 4 is 33.9 Å². The predicted octanol–water partition coefficient (Wildman–Crippen LogP) is -0.00850. The van der Waals surface area contributed by atoms with Crippen molar-refractivity contribution in [2.75, 3.05) is 19.6 Å². The average molecular weight is 561 g/mol. The number of rotatable bonds is 11. The minimum absolute atomic E-state index is 0.0319. The van der Waals surface area contributed by atoms with Crippen molar-refractivity contribution < 1.29 is 42.0 Å². The highest BCUT2D eigenvalue weighted by Crippen LogP contribution is 2.49. The molecule has 0 aromatic carbocycles. The smallest absolute Gasteiger partial charge is 0.408 e. The number of nitrogens with one attached hydrogen (secondary N) is 3. The molecule has 4 atom stereocenters. The van der Waals surface area contributed by atoms with E-state index in [1.54, 1.807) is 4.90 Å². The van der Waals surface area contributed by atoms with E-state index < -0.39 is 45.6 Å². The lowest BCUT2D eigenvalue weighted by Crippen LogP contribution is -2.66. The van der Waals surface area contributed by atoms with Gasteiger partial charge in [0.1, 0.15) is 12.1 Å². The molecule has 38 heavy (non-hydrogen) atoms. The number of hydrogen-bond donors (Lipinski definition) is 5. The standard InChI is InChI=1S/C24H40N4O9S/c1-13(2)7-17(20(30)26-18(22(32)38(34,35)36)8-15-5-6-25-19(15)29)27-23(33)37-16-9-24(10-16)11-28(12-24)21(31)14(3)4/h13-18,22,32H,5-12H2,1-4H3,(H,25,29)(H,26,30)(H,27,33)(H,34,35,36)/t15-,17-,18-,22+/m0/s1. The number of alkyl carbamates (subject to hydrolysis) is 1. The number of aliphatic hydroxyl groups excluding tert-OH is 1. The van der Waals surface area contributed by atoms with Gasteiger partial charge in [0.05, 0.1) is 6.04 Å². The van der Waals surface area contributed by atoms with E-state index in [0.717, 1.165) is 0 Å². The van der Waals surface area contributed by atoms with Crippen LogP contribution in [0.2, 0.25) is 0 Å². The maximum absolute atomic E-state index is 13.1. The fourth-order valence-electron chi connectivity index (χ4n) is 5.48. The van der Waals surface area contributed by atoms with Gasteiger partial charge in [0.2, 0.25) is 23.2 Å². The zero-order valence-electron chi connectivity index (χ0n) is 22.3. The maximum Gasteiger partial charge on any atom is 0.408 e. The topological polar surface area (TPSA) is 191 Å². The van der Waals surface area contributed by atoms with Gasteiger partial charge in [0, 0.05) is 36.9 Å². The number of carbonyl (C=O) groups is 4. The summed E-state index contributed by atoms with van der Waals surface area (Å²) in [5.74, 6) is -1.76. The molecule has 3 aliphatic rings. The van der Waals surface area contributed by atoms with Gasteiger partial charge in [-0.05, 0) is 38.0 Å². The van der Waals surface area contributed by atoms with Crippen LogP contribution in [0.1, 0.15) is 59.8 Å². The van der Waals surface area contributed by atoms with Crippen LogP contribution >= 0.6 is 0 Å². The number of amides is 4. The lowest BCUT2D eigenvalue weighted by molar-refractivity contribution is -0.166. The molecule has 4 amide bonds. The Hall–Kier alpha value is -2.45. The first kappa shape index (κ1) is 30.1. The molecule has 0 radical (unpaired) electrons. The van der Waals surface area contributed by atoms with Gasteiger partial charge in [-0.25, -0.2) is 4.79 Å². The molecular formula is C24H40N4O9S. The van der Waals surface area contributed by atoms with Crippen LogP contribution in [0.4, 0.5) is 4.79 Å². The molecule has 2 heterocycles. The summed E-state index contributed by atoms with van der Waals surface area (Å²) in [5, 5.41) is 17.7. The molecule has 0 unspecified atom stereocenters. The molecule has 2 aliphatic heterocycles. The average Bonchev–Trinajstić information content (AvgIpc) is 3.15. The summed E-state index contributed by atoms with van der Waals surface area (Å²) in [6.07, 6.45) is 0.463. The minimum atomic E-state index is -4.94. The maximum atomic E-state index is 13.1. The molecule has 3 fully saturated rings. The molecule has 0 bridgehead atoms. The van der Waals surface area contributed by atoms with E-state index in [9.17, 15) is 37.3 Å². The van der Waals surface area contributed by atoms with Crippen molar-refractivity contribution in [1.29, 1.82) is 0 Å². The molecule has 1 spiro atoms. The van der Waals surface area contributed by atoms with E-state index in [1.165, 1.54) is 0 Å². The van der Waals surface area contributed by atoms with Crippen LogP contribution in [0.5, 0.6) is 0 Å². The first-order valence-electron chi connectivity index (χ1n) is 13.1. The van der Waals surface area contributed by atoms with Gasteiger partial charge >= 0.3 is 6.09 Å². The predicted molar refractivity (Wildman–Crippen MR) is 135 cm³/mol. The molecule has 5 N–H and O–H groups in total. The highest BCUT2D eigenvalue weighted by Gasteiger charge is 2.55. The van der Waals surface area contributed by atoms with Gasteiger partial charge < -0.3 is 30.7 Å². The van der Waals surface area contributed by atoms with Crippen LogP contribution in [-0.2, 0) is 29.2 Å². The molecule has 2 saturated heterocycles. The summed E-state index contributed by atoms with van der Waals surface area (Å²) in [6, 6.07) is -2.58. The van der Waals surface area contributed by atoms with E-state index in [0.29, 0.717) is 38.9 Å². The first-order chi connectivity index (χ1) is 17.6. The fraction of sp³-hybridized carbons (Fsp3) is 0.833. The Morgan fingerprint density at radius 3 is 2.29 bits per heavy atom. The third-order valence-corrected chi connectivity index (χ3v) is 8.39. The second kappa shape index (κ2) is 11.7. The zero-order chi connectivity index (χ0) is 28.4. The molecule has 0 aromatic rings. The minimum Gasteiger partial charge on any atom is -0.446 e. The molecular weight excluding hydrogens is 520 g/mol. The van der Waals surface area contributed by atoms with Gasteiger partial charge in [-0.15, -0.1) is 0 Å². The molecule has 14 heteroatoms. The Morgan fingerprint density at radius 2 is 1.79 bits per heavy atom. The normalized spacial score (nSPS) is 23.3. The van der Waals surface area contributed by atoms with Gasteiger partial charge in [0.25, 0.3) is 10.1 Å². The Morgan fingerprint density at radius 1 is 1.16 bits per heavy atom. The van der Waals surface area contributed by atoms with E-state index in [-0.39, 0.29) is 48.0 Å². The molecule has 13 nitrogen and oxygen atoms in total. The lowest BCUT2D eigenvalue weighted by atomic mass is 9.61. The van der Waals surface area contributed by atoms with Gasteiger partial charge in [-0.1, -0.05) is 27.7 Å². The summed E-state index contributed by atoms with van der Waals surface area (Å²) in [7, 11) is -4.94. The van der Waals surface area contributed by atoms with Crippen molar-refractivity contribution in [3.63, 3.8) is 0 Å². The number of nitrogens with zero attached hydrogens (tertiary/aromatic N) is 1. The third-order valence-electron chi connectivity index (χ3n) is 7.45. The summed E-state index contributed by atoms with van der Waals surface area (Å²) >= 11 is 0. The van der Waals surface area contributed by atoms with Gasteiger partial charge in [-0.2, -0.15) is 8.42 Å². The number of carbonyl (C=O) groups excluding carboxylic acids is 4. The SMILES string of the molecule is CC(C)C[C@H](NC(=O)OC1CC2(C1)CN(C(=O)C(C)C)C2)C(=O)N[C@@H](C[C@@H]1CCNC1=O)[C@H](O)S(=O)(=O)O. The van der Waals surface area contributed by atoms with Crippen LogP contribution in [0.3, 0.4) is 0 Å². The lowest BCUT2D eigenvalue weighted by Gasteiger charge is -2.58. The van der Waals surface area contributed by atoms with Crippen molar-refractivity contribution in [2.24, 2.45) is 23.2 Å². The second-order valence-corrected chi connectivity index (χ2v) is 13.2. The van der Waals surface area contributed by atoms with Gasteiger partial charge in [-0.3, -0.25) is 18.9 Å². The van der Waals surface area contributed by atoms with Crippen LogP contribution in [0.15, 0.2) is 0 Å². The summed E-state index contributed by atoms with van der Waals surface area (Å²) in [5.41, 5.74) is -2.38. The Kier molecular flexibility index (Phi) is 9.30. The second-order valence-electron chi connectivity index (χ2n) is 11.6. The van der Waals surface area contributed by atoms with Crippen molar-refractivity contribution in [3.8, 4) is 0 Å².